The van der Waals surface area contributed by atoms with Gasteiger partial charge in [0.15, 0.2) is 0 Å². The first-order valence-corrected chi connectivity index (χ1v) is 7.99. The smallest absolute Gasteiger partial charge is 0.220 e. The third kappa shape index (κ3) is 3.63. The maximum absolute atomic E-state index is 11.8. The number of nitrogens with zero attached hydrogens (tertiary/aromatic N) is 2. The summed E-state index contributed by atoms with van der Waals surface area (Å²) in [6.45, 7) is 1.64. The van der Waals surface area contributed by atoms with Crippen LogP contribution in [0.4, 0.5) is 0 Å². The predicted molar refractivity (Wildman–Crippen MR) is 83.9 cm³/mol. The minimum absolute atomic E-state index is 0.220. The fraction of sp³-hybridized carbons (Fsp3) is 0.529. The zero-order valence-corrected chi connectivity index (χ0v) is 12.4. The molecule has 0 unspecified atom stereocenters. The van der Waals surface area contributed by atoms with Crippen molar-refractivity contribution < 1.29 is 4.79 Å². The van der Waals surface area contributed by atoms with E-state index in [0.29, 0.717) is 12.3 Å². The molecule has 2 aromatic rings. The molecule has 1 aliphatic rings. The molecule has 21 heavy (non-hydrogen) atoms. The van der Waals surface area contributed by atoms with Crippen LogP contribution in [-0.4, -0.2) is 22.0 Å². The van der Waals surface area contributed by atoms with Gasteiger partial charge in [-0.15, -0.1) is 0 Å². The van der Waals surface area contributed by atoms with Gasteiger partial charge in [-0.2, -0.15) is 0 Å². The highest BCUT2D eigenvalue weighted by Crippen LogP contribution is 2.27. The maximum Gasteiger partial charge on any atom is 0.220 e. The summed E-state index contributed by atoms with van der Waals surface area (Å²) in [4.78, 5) is 16.2. The molecule has 0 radical (unpaired) electrons. The molecule has 0 saturated heterocycles. The molecular weight excluding hydrogens is 262 g/mol. The Balaban J connectivity index is 1.40. The molecule has 1 aromatic heterocycles. The van der Waals surface area contributed by atoms with Crippen molar-refractivity contribution in [2.75, 3.05) is 6.54 Å². The molecule has 3 rings (SSSR count). The molecule has 1 fully saturated rings. The van der Waals surface area contributed by atoms with E-state index in [1.807, 2.05) is 24.5 Å². The molecule has 1 N–H and O–H groups in total. The lowest BCUT2D eigenvalue weighted by molar-refractivity contribution is -0.121. The first-order chi connectivity index (χ1) is 10.3. The monoisotopic (exact) mass is 285 g/mol. The molecule has 0 spiro atoms. The Morgan fingerprint density at radius 3 is 2.95 bits per heavy atom. The van der Waals surface area contributed by atoms with Gasteiger partial charge in [-0.1, -0.05) is 25.0 Å². The first-order valence-electron chi connectivity index (χ1n) is 7.99. The lowest BCUT2D eigenvalue weighted by Gasteiger charge is -2.10. The van der Waals surface area contributed by atoms with Crippen LogP contribution in [-0.2, 0) is 11.3 Å². The average molecular weight is 285 g/mol. The van der Waals surface area contributed by atoms with E-state index >= 15 is 0 Å². The molecular formula is C17H23N3O. The van der Waals surface area contributed by atoms with Gasteiger partial charge in [0.05, 0.1) is 17.4 Å². The largest absolute Gasteiger partial charge is 0.356 e. The molecule has 0 bridgehead atoms. The molecule has 112 valence electrons. The summed E-state index contributed by atoms with van der Waals surface area (Å²) in [6, 6.07) is 8.14. The van der Waals surface area contributed by atoms with E-state index in [0.717, 1.165) is 30.5 Å². The van der Waals surface area contributed by atoms with E-state index in [4.69, 9.17) is 0 Å². The highest BCUT2D eigenvalue weighted by atomic mass is 16.1. The second-order valence-electron chi connectivity index (χ2n) is 5.98. The van der Waals surface area contributed by atoms with Crippen LogP contribution in [0.5, 0.6) is 0 Å². The standard InChI is InChI=1S/C17H23N3O/c21-17(12-14-6-1-2-7-14)18-10-5-11-20-13-19-15-8-3-4-9-16(15)20/h3-4,8-9,13-14H,1-2,5-7,10-12H2,(H,18,21). The number of benzene rings is 1. The molecule has 0 atom stereocenters. The Labute approximate surface area is 125 Å². The van der Waals surface area contributed by atoms with Crippen LogP contribution in [0.1, 0.15) is 38.5 Å². The normalized spacial score (nSPS) is 15.6. The van der Waals surface area contributed by atoms with Gasteiger partial charge >= 0.3 is 0 Å². The summed E-state index contributed by atoms with van der Waals surface area (Å²) in [5.41, 5.74) is 2.19. The number of hydrogen-bond donors (Lipinski definition) is 1. The fourth-order valence-corrected chi connectivity index (χ4v) is 3.21. The van der Waals surface area contributed by atoms with Crippen molar-refractivity contribution in [2.24, 2.45) is 5.92 Å². The number of carbonyl (C=O) groups excluding carboxylic acids is 1. The Bertz CT molecular complexity index is 599. The third-order valence-corrected chi connectivity index (χ3v) is 4.37. The van der Waals surface area contributed by atoms with E-state index in [2.05, 4.69) is 20.9 Å². The highest BCUT2D eigenvalue weighted by molar-refractivity contribution is 5.76. The van der Waals surface area contributed by atoms with Gasteiger partial charge in [0.1, 0.15) is 0 Å². The van der Waals surface area contributed by atoms with E-state index in [9.17, 15) is 4.79 Å². The Kier molecular flexibility index (Phi) is 4.53. The van der Waals surface area contributed by atoms with Crippen molar-refractivity contribution in [3.8, 4) is 0 Å². The fourth-order valence-electron chi connectivity index (χ4n) is 3.21. The number of aryl methyl sites for hydroxylation is 1. The second-order valence-corrected chi connectivity index (χ2v) is 5.98. The SMILES string of the molecule is O=C(CC1CCCC1)NCCCn1cnc2ccccc21. The van der Waals surface area contributed by atoms with Crippen LogP contribution in [0.2, 0.25) is 0 Å². The van der Waals surface area contributed by atoms with Gasteiger partial charge < -0.3 is 9.88 Å². The van der Waals surface area contributed by atoms with E-state index in [1.54, 1.807) is 0 Å². The first kappa shape index (κ1) is 14.1. The minimum atomic E-state index is 0.220. The van der Waals surface area contributed by atoms with Crippen molar-refractivity contribution >= 4 is 16.9 Å². The Hall–Kier alpha value is -1.84. The number of hydrogen-bond acceptors (Lipinski definition) is 2. The zero-order chi connectivity index (χ0) is 14.5. The lowest BCUT2D eigenvalue weighted by atomic mass is 10.0. The molecule has 1 aromatic carbocycles. The molecule has 4 nitrogen and oxygen atoms in total. The third-order valence-electron chi connectivity index (χ3n) is 4.37. The number of imidazole rings is 1. The number of nitrogens with one attached hydrogen (secondary N) is 1. The zero-order valence-electron chi connectivity index (χ0n) is 12.4. The van der Waals surface area contributed by atoms with Crippen molar-refractivity contribution in [1.82, 2.24) is 14.9 Å². The molecule has 0 aliphatic heterocycles. The summed E-state index contributed by atoms with van der Waals surface area (Å²) in [5, 5.41) is 3.05. The summed E-state index contributed by atoms with van der Waals surface area (Å²) < 4.78 is 2.15. The average Bonchev–Trinajstić information content (AvgIpc) is 3.13. The van der Waals surface area contributed by atoms with Crippen molar-refractivity contribution in [2.45, 2.75) is 45.1 Å². The maximum atomic E-state index is 11.8. The Morgan fingerprint density at radius 2 is 2.10 bits per heavy atom. The molecule has 1 heterocycles. The van der Waals surface area contributed by atoms with Crippen LogP contribution < -0.4 is 5.32 Å². The quantitative estimate of drug-likeness (QED) is 0.829. The second kappa shape index (κ2) is 6.74. The van der Waals surface area contributed by atoms with Crippen LogP contribution >= 0.6 is 0 Å². The summed E-state index contributed by atoms with van der Waals surface area (Å²) >= 11 is 0. The van der Waals surface area contributed by atoms with E-state index < -0.39 is 0 Å². The number of amides is 1. The van der Waals surface area contributed by atoms with Crippen LogP contribution in [0, 0.1) is 5.92 Å². The van der Waals surface area contributed by atoms with Gasteiger partial charge in [-0.25, -0.2) is 4.98 Å². The number of aromatic nitrogens is 2. The number of rotatable bonds is 6. The van der Waals surface area contributed by atoms with Gasteiger partial charge in [0.25, 0.3) is 0 Å². The van der Waals surface area contributed by atoms with Crippen LogP contribution in [0.25, 0.3) is 11.0 Å². The highest BCUT2D eigenvalue weighted by Gasteiger charge is 2.17. The molecule has 1 amide bonds. The number of carbonyl (C=O) groups is 1. The summed E-state index contributed by atoms with van der Waals surface area (Å²) in [5.74, 6) is 0.847. The number of fused-ring (bicyclic) bond motifs is 1. The summed E-state index contributed by atoms with van der Waals surface area (Å²) in [6.07, 6.45) is 8.59. The van der Waals surface area contributed by atoms with Crippen LogP contribution in [0.15, 0.2) is 30.6 Å². The van der Waals surface area contributed by atoms with E-state index in [1.165, 1.54) is 25.7 Å². The van der Waals surface area contributed by atoms with Crippen LogP contribution in [0.3, 0.4) is 0 Å². The van der Waals surface area contributed by atoms with E-state index in [-0.39, 0.29) is 5.91 Å². The van der Waals surface area contributed by atoms with Gasteiger partial charge in [0, 0.05) is 19.5 Å². The molecule has 4 heteroatoms. The van der Waals surface area contributed by atoms with Gasteiger partial charge in [-0.3, -0.25) is 4.79 Å². The molecule has 1 aliphatic carbocycles. The Morgan fingerprint density at radius 1 is 1.29 bits per heavy atom. The number of para-hydroxylation sites is 2. The topological polar surface area (TPSA) is 46.9 Å². The van der Waals surface area contributed by atoms with Gasteiger partial charge in [-0.05, 0) is 37.3 Å². The van der Waals surface area contributed by atoms with Crippen molar-refractivity contribution in [3.63, 3.8) is 0 Å². The van der Waals surface area contributed by atoms with Crippen molar-refractivity contribution in [3.05, 3.63) is 30.6 Å². The predicted octanol–water partition coefficient (Wildman–Crippen LogP) is 3.12. The van der Waals surface area contributed by atoms with Crippen molar-refractivity contribution in [1.29, 1.82) is 0 Å². The van der Waals surface area contributed by atoms with Gasteiger partial charge in [0.2, 0.25) is 5.91 Å². The lowest BCUT2D eigenvalue weighted by Crippen LogP contribution is -2.26. The minimum Gasteiger partial charge on any atom is -0.356 e. The molecule has 1 saturated carbocycles. The summed E-state index contributed by atoms with van der Waals surface area (Å²) in [7, 11) is 0.